The van der Waals surface area contributed by atoms with Gasteiger partial charge in [-0.3, -0.25) is 5.43 Å². The molecule has 0 aliphatic heterocycles. The third kappa shape index (κ3) is 3.03. The van der Waals surface area contributed by atoms with E-state index in [2.05, 4.69) is 34.3 Å². The van der Waals surface area contributed by atoms with E-state index in [1.165, 1.54) is 10.4 Å². The van der Waals surface area contributed by atoms with Gasteiger partial charge in [-0.1, -0.05) is 0 Å². The molecule has 0 saturated heterocycles. The zero-order valence-electron chi connectivity index (χ0n) is 14.0. The van der Waals surface area contributed by atoms with E-state index in [4.69, 9.17) is 9.47 Å². The summed E-state index contributed by atoms with van der Waals surface area (Å²) in [7, 11) is 3.22. The number of hydrogen-bond acceptors (Lipinski definition) is 7. The number of thiophene rings is 1. The van der Waals surface area contributed by atoms with Gasteiger partial charge >= 0.3 is 0 Å². The van der Waals surface area contributed by atoms with Crippen LogP contribution in [0.5, 0.6) is 11.5 Å². The average molecular weight is 342 g/mol. The van der Waals surface area contributed by atoms with Crippen molar-refractivity contribution in [3.63, 3.8) is 0 Å². The number of benzene rings is 1. The van der Waals surface area contributed by atoms with Crippen molar-refractivity contribution in [2.45, 2.75) is 13.8 Å². The molecule has 0 unspecified atom stereocenters. The van der Waals surface area contributed by atoms with Crippen LogP contribution in [0.3, 0.4) is 0 Å². The highest BCUT2D eigenvalue weighted by atomic mass is 32.1. The lowest BCUT2D eigenvalue weighted by molar-refractivity contribution is 0.355. The summed E-state index contributed by atoms with van der Waals surface area (Å²) < 4.78 is 10.5. The molecule has 0 aliphatic carbocycles. The van der Waals surface area contributed by atoms with Crippen LogP contribution in [0.25, 0.3) is 10.2 Å². The molecule has 1 aromatic carbocycles. The number of aryl methyl sites for hydroxylation is 2. The van der Waals surface area contributed by atoms with Crippen molar-refractivity contribution in [1.82, 2.24) is 9.97 Å². The number of hydrogen-bond donors (Lipinski definition) is 1. The van der Waals surface area contributed by atoms with Crippen LogP contribution in [0.4, 0.5) is 5.82 Å². The van der Waals surface area contributed by atoms with Gasteiger partial charge in [-0.05, 0) is 43.2 Å². The highest BCUT2D eigenvalue weighted by molar-refractivity contribution is 7.18. The number of ether oxygens (including phenoxy) is 2. The van der Waals surface area contributed by atoms with E-state index < -0.39 is 0 Å². The van der Waals surface area contributed by atoms with Crippen molar-refractivity contribution in [1.29, 1.82) is 0 Å². The van der Waals surface area contributed by atoms with Crippen LogP contribution in [0, 0.1) is 13.8 Å². The number of nitrogens with zero attached hydrogens (tertiary/aromatic N) is 3. The molecule has 1 N–H and O–H groups in total. The minimum Gasteiger partial charge on any atom is -0.493 e. The van der Waals surface area contributed by atoms with Crippen molar-refractivity contribution in [2.24, 2.45) is 5.10 Å². The molecule has 124 valence electrons. The molecular weight excluding hydrogens is 324 g/mol. The molecule has 3 rings (SSSR count). The van der Waals surface area contributed by atoms with Crippen LogP contribution < -0.4 is 14.9 Å². The standard InChI is InChI=1S/C17H18N4O2S/c1-10-11(2)24-17-15(10)16(18-9-19-17)21-20-8-12-5-6-13(22-3)14(7-12)23-4/h5-9H,1-4H3,(H,18,19,21)/b20-8-. The van der Waals surface area contributed by atoms with Gasteiger partial charge in [0.2, 0.25) is 0 Å². The van der Waals surface area contributed by atoms with E-state index in [0.29, 0.717) is 17.3 Å². The highest BCUT2D eigenvalue weighted by Crippen LogP contribution is 2.32. The molecule has 0 aliphatic rings. The summed E-state index contributed by atoms with van der Waals surface area (Å²) in [5.74, 6) is 2.05. The summed E-state index contributed by atoms with van der Waals surface area (Å²) in [5, 5.41) is 5.30. The smallest absolute Gasteiger partial charge is 0.161 e. The monoisotopic (exact) mass is 342 g/mol. The van der Waals surface area contributed by atoms with Crippen LogP contribution in [-0.2, 0) is 0 Å². The van der Waals surface area contributed by atoms with Crippen LogP contribution in [0.1, 0.15) is 16.0 Å². The zero-order chi connectivity index (χ0) is 17.1. The zero-order valence-corrected chi connectivity index (χ0v) is 14.8. The van der Waals surface area contributed by atoms with Crippen molar-refractivity contribution in [2.75, 3.05) is 19.6 Å². The molecule has 0 saturated carbocycles. The maximum atomic E-state index is 5.29. The second-order valence-electron chi connectivity index (χ2n) is 5.17. The van der Waals surface area contributed by atoms with E-state index in [1.54, 1.807) is 38.1 Å². The van der Waals surface area contributed by atoms with Gasteiger partial charge in [0.1, 0.15) is 11.2 Å². The van der Waals surface area contributed by atoms with Gasteiger partial charge in [0.15, 0.2) is 17.3 Å². The number of anilines is 1. The first-order valence-corrected chi connectivity index (χ1v) is 8.17. The molecule has 0 spiro atoms. The van der Waals surface area contributed by atoms with Crippen LogP contribution >= 0.6 is 11.3 Å². The molecule has 0 atom stereocenters. The average Bonchev–Trinajstić information content (AvgIpc) is 2.90. The molecule has 7 heteroatoms. The fourth-order valence-electron chi connectivity index (χ4n) is 2.37. The van der Waals surface area contributed by atoms with E-state index in [0.717, 1.165) is 15.8 Å². The van der Waals surface area contributed by atoms with Gasteiger partial charge in [-0.25, -0.2) is 9.97 Å². The Morgan fingerprint density at radius 2 is 1.92 bits per heavy atom. The number of aromatic nitrogens is 2. The Morgan fingerprint density at radius 1 is 1.12 bits per heavy atom. The van der Waals surface area contributed by atoms with E-state index >= 15 is 0 Å². The first-order chi connectivity index (χ1) is 11.6. The normalized spacial score (nSPS) is 11.2. The van der Waals surface area contributed by atoms with Crippen LogP contribution in [-0.4, -0.2) is 30.4 Å². The largest absolute Gasteiger partial charge is 0.493 e. The minimum atomic E-state index is 0.662. The first-order valence-electron chi connectivity index (χ1n) is 7.36. The number of methoxy groups -OCH3 is 2. The molecule has 2 aromatic heterocycles. The Hall–Kier alpha value is -2.67. The first kappa shape index (κ1) is 16.2. The summed E-state index contributed by atoms with van der Waals surface area (Å²) in [6, 6.07) is 5.61. The van der Waals surface area contributed by atoms with Crippen molar-refractivity contribution in [3.05, 3.63) is 40.5 Å². The fourth-order valence-corrected chi connectivity index (χ4v) is 3.37. The van der Waals surface area contributed by atoms with E-state index in [9.17, 15) is 0 Å². The van der Waals surface area contributed by atoms with Crippen molar-refractivity contribution in [3.8, 4) is 11.5 Å². The highest BCUT2D eigenvalue weighted by Gasteiger charge is 2.11. The fraction of sp³-hybridized carbons (Fsp3) is 0.235. The van der Waals surface area contributed by atoms with Gasteiger partial charge in [-0.15, -0.1) is 11.3 Å². The van der Waals surface area contributed by atoms with Gasteiger partial charge in [-0.2, -0.15) is 5.10 Å². The maximum Gasteiger partial charge on any atom is 0.161 e. The van der Waals surface area contributed by atoms with Gasteiger partial charge < -0.3 is 9.47 Å². The van der Waals surface area contributed by atoms with Crippen molar-refractivity contribution >= 4 is 33.6 Å². The van der Waals surface area contributed by atoms with Crippen molar-refractivity contribution < 1.29 is 9.47 Å². The lowest BCUT2D eigenvalue weighted by Gasteiger charge is -2.07. The molecule has 24 heavy (non-hydrogen) atoms. The van der Waals surface area contributed by atoms with E-state index in [-0.39, 0.29) is 0 Å². The Morgan fingerprint density at radius 3 is 2.67 bits per heavy atom. The quantitative estimate of drug-likeness (QED) is 0.564. The second kappa shape index (κ2) is 6.84. The number of fused-ring (bicyclic) bond motifs is 1. The molecule has 2 heterocycles. The van der Waals surface area contributed by atoms with Crippen LogP contribution in [0.15, 0.2) is 29.6 Å². The lowest BCUT2D eigenvalue weighted by Crippen LogP contribution is -1.96. The molecular formula is C17H18N4O2S. The maximum absolute atomic E-state index is 5.29. The summed E-state index contributed by atoms with van der Waals surface area (Å²) in [4.78, 5) is 10.8. The molecule has 0 radical (unpaired) electrons. The summed E-state index contributed by atoms with van der Waals surface area (Å²) in [6.45, 7) is 4.15. The minimum absolute atomic E-state index is 0.662. The second-order valence-corrected chi connectivity index (χ2v) is 6.37. The Balaban J connectivity index is 1.85. The molecule has 0 bridgehead atoms. The van der Waals surface area contributed by atoms with E-state index in [1.807, 2.05) is 18.2 Å². The Kier molecular flexibility index (Phi) is 4.61. The van der Waals surface area contributed by atoms with Gasteiger partial charge in [0.05, 0.1) is 25.8 Å². The Labute approximate surface area is 144 Å². The third-order valence-corrected chi connectivity index (χ3v) is 4.87. The Bertz CT molecular complexity index is 905. The third-order valence-electron chi connectivity index (χ3n) is 3.76. The predicted molar refractivity (Wildman–Crippen MR) is 97.7 cm³/mol. The topological polar surface area (TPSA) is 68.6 Å². The van der Waals surface area contributed by atoms with Gasteiger partial charge in [0.25, 0.3) is 0 Å². The molecule has 6 nitrogen and oxygen atoms in total. The molecule has 0 fully saturated rings. The predicted octanol–water partition coefficient (Wildman–Crippen LogP) is 3.77. The SMILES string of the molecule is COc1ccc(/C=N\Nc2ncnc3sc(C)c(C)c23)cc1OC. The number of nitrogens with one attached hydrogen (secondary N) is 1. The lowest BCUT2D eigenvalue weighted by atomic mass is 10.2. The van der Waals surface area contributed by atoms with Crippen LogP contribution in [0.2, 0.25) is 0 Å². The van der Waals surface area contributed by atoms with Gasteiger partial charge in [0, 0.05) is 4.88 Å². The number of hydrazone groups is 1. The number of rotatable bonds is 5. The molecule has 0 amide bonds. The molecule has 3 aromatic rings. The summed E-state index contributed by atoms with van der Waals surface area (Å²) in [5.41, 5.74) is 5.08. The summed E-state index contributed by atoms with van der Waals surface area (Å²) >= 11 is 1.66. The summed E-state index contributed by atoms with van der Waals surface area (Å²) in [6.07, 6.45) is 3.26.